The van der Waals surface area contributed by atoms with Gasteiger partial charge in [0, 0.05) is 11.6 Å². The molecule has 0 saturated carbocycles. The number of rotatable bonds is 6. The first-order chi connectivity index (χ1) is 13.3. The van der Waals surface area contributed by atoms with Gasteiger partial charge in [-0.25, -0.2) is 4.68 Å². The third-order valence-corrected chi connectivity index (χ3v) is 4.16. The van der Waals surface area contributed by atoms with Gasteiger partial charge in [-0.2, -0.15) is 5.10 Å². The molecular weight excluding hydrogens is 354 g/mol. The summed E-state index contributed by atoms with van der Waals surface area (Å²) in [6.07, 6.45) is 0. The minimum absolute atomic E-state index is 0.0530. The average molecular weight is 377 g/mol. The third-order valence-electron chi connectivity index (χ3n) is 4.16. The number of carbonyl (C=O) groups excluding carboxylic acids is 2. The van der Waals surface area contributed by atoms with Crippen molar-refractivity contribution in [3.8, 4) is 11.4 Å². The number of nitrogens with one attached hydrogen (secondary N) is 1. The Hall–Kier alpha value is -3.41. The molecule has 0 fully saturated rings. The molecule has 0 saturated heterocycles. The maximum Gasteiger partial charge on any atom is 0.263 e. The maximum absolute atomic E-state index is 12.4. The first-order valence-corrected chi connectivity index (χ1v) is 9.01. The van der Waals surface area contributed by atoms with E-state index in [1.165, 1.54) is 6.92 Å². The van der Waals surface area contributed by atoms with Crippen LogP contribution in [0, 0.1) is 20.8 Å². The van der Waals surface area contributed by atoms with Gasteiger partial charge >= 0.3 is 0 Å². The van der Waals surface area contributed by atoms with Crippen LogP contribution in [0.25, 0.3) is 5.69 Å². The average Bonchev–Trinajstić information content (AvgIpc) is 2.99. The van der Waals surface area contributed by atoms with Crippen LogP contribution in [-0.2, 0) is 4.79 Å². The van der Waals surface area contributed by atoms with Crippen molar-refractivity contribution in [3.63, 3.8) is 0 Å². The Bertz CT molecular complexity index is 1020. The molecule has 1 amide bonds. The number of amides is 1. The van der Waals surface area contributed by atoms with Gasteiger partial charge in [0.25, 0.3) is 5.91 Å². The Morgan fingerprint density at radius 1 is 1.04 bits per heavy atom. The standard InChI is InChI=1S/C22H23N3O3/c1-14-8-15(2)10-19(9-14)25-21(11-16(3)24-25)23-22(27)13-28-20-7-5-6-18(12-20)17(4)26/h5-12H,13H2,1-4H3,(H,23,27). The summed E-state index contributed by atoms with van der Waals surface area (Å²) >= 11 is 0. The van der Waals surface area contributed by atoms with Gasteiger partial charge in [0.15, 0.2) is 12.4 Å². The largest absolute Gasteiger partial charge is 0.484 e. The number of aryl methyl sites for hydroxylation is 3. The first-order valence-electron chi connectivity index (χ1n) is 9.01. The van der Waals surface area contributed by atoms with Crippen LogP contribution < -0.4 is 10.1 Å². The van der Waals surface area contributed by atoms with Crippen molar-refractivity contribution in [2.75, 3.05) is 11.9 Å². The molecule has 1 heterocycles. The van der Waals surface area contributed by atoms with E-state index in [1.54, 1.807) is 28.9 Å². The Morgan fingerprint density at radius 3 is 2.43 bits per heavy atom. The number of hydrogen-bond donors (Lipinski definition) is 1. The Morgan fingerprint density at radius 2 is 1.75 bits per heavy atom. The monoisotopic (exact) mass is 377 g/mol. The zero-order valence-electron chi connectivity index (χ0n) is 16.4. The normalized spacial score (nSPS) is 10.6. The second-order valence-electron chi connectivity index (χ2n) is 6.85. The zero-order chi connectivity index (χ0) is 20.3. The highest BCUT2D eigenvalue weighted by Gasteiger charge is 2.12. The van der Waals surface area contributed by atoms with E-state index in [0.717, 1.165) is 22.5 Å². The highest BCUT2D eigenvalue weighted by atomic mass is 16.5. The van der Waals surface area contributed by atoms with Crippen LogP contribution in [0.5, 0.6) is 5.75 Å². The lowest BCUT2D eigenvalue weighted by atomic mass is 10.1. The number of ether oxygens (including phenoxy) is 1. The number of aromatic nitrogens is 2. The van der Waals surface area contributed by atoms with Gasteiger partial charge in [-0.15, -0.1) is 0 Å². The van der Waals surface area contributed by atoms with Crippen LogP contribution in [-0.4, -0.2) is 28.1 Å². The van der Waals surface area contributed by atoms with Crippen LogP contribution in [0.2, 0.25) is 0 Å². The summed E-state index contributed by atoms with van der Waals surface area (Å²) in [5.41, 5.74) is 4.46. The summed E-state index contributed by atoms with van der Waals surface area (Å²) in [6, 6.07) is 14.7. The number of carbonyl (C=O) groups is 2. The molecule has 3 aromatic rings. The van der Waals surface area contributed by atoms with Gasteiger partial charge in [0.2, 0.25) is 0 Å². The van der Waals surface area contributed by atoms with Crippen LogP contribution in [0.15, 0.2) is 48.5 Å². The smallest absolute Gasteiger partial charge is 0.263 e. The molecule has 0 bridgehead atoms. The molecule has 0 aliphatic carbocycles. The quantitative estimate of drug-likeness (QED) is 0.659. The van der Waals surface area contributed by atoms with Gasteiger partial charge in [0.05, 0.1) is 11.4 Å². The third kappa shape index (κ3) is 4.65. The van der Waals surface area contributed by atoms with Gasteiger partial charge in [-0.05, 0) is 63.1 Å². The molecule has 1 N–H and O–H groups in total. The van der Waals surface area contributed by atoms with E-state index < -0.39 is 0 Å². The molecule has 6 heteroatoms. The number of hydrogen-bond acceptors (Lipinski definition) is 4. The highest BCUT2D eigenvalue weighted by molar-refractivity contribution is 5.94. The minimum atomic E-state index is -0.307. The van der Waals surface area contributed by atoms with E-state index in [4.69, 9.17) is 4.74 Å². The van der Waals surface area contributed by atoms with Gasteiger partial charge in [-0.1, -0.05) is 18.2 Å². The van der Waals surface area contributed by atoms with Crippen molar-refractivity contribution in [3.05, 3.63) is 70.9 Å². The number of Topliss-reactive ketones (excluding diaryl/α,β-unsaturated/α-hetero) is 1. The molecule has 0 spiro atoms. The summed E-state index contributed by atoms with van der Waals surface area (Å²) in [4.78, 5) is 23.8. The topological polar surface area (TPSA) is 73.2 Å². The number of ketones is 1. The molecule has 0 aliphatic heterocycles. The lowest BCUT2D eigenvalue weighted by Gasteiger charge is -2.11. The Balaban J connectivity index is 1.73. The summed E-state index contributed by atoms with van der Waals surface area (Å²) in [7, 11) is 0. The van der Waals surface area contributed by atoms with Gasteiger partial charge in [-0.3, -0.25) is 9.59 Å². The summed E-state index contributed by atoms with van der Waals surface area (Å²) < 4.78 is 7.24. The van der Waals surface area contributed by atoms with Crippen molar-refractivity contribution in [1.82, 2.24) is 9.78 Å². The molecule has 3 rings (SSSR count). The SMILES string of the molecule is CC(=O)c1cccc(OCC(=O)Nc2cc(C)nn2-c2cc(C)cc(C)c2)c1. The fourth-order valence-corrected chi connectivity index (χ4v) is 2.99. The molecule has 0 unspecified atom stereocenters. The molecule has 1 aromatic heterocycles. The van der Waals surface area contributed by atoms with Crippen molar-refractivity contribution in [1.29, 1.82) is 0 Å². The minimum Gasteiger partial charge on any atom is -0.484 e. The molecule has 144 valence electrons. The molecule has 0 atom stereocenters. The van der Waals surface area contributed by atoms with Crippen LogP contribution in [0.1, 0.15) is 34.1 Å². The molecule has 0 radical (unpaired) electrons. The predicted octanol–water partition coefficient (Wildman–Crippen LogP) is 4.02. The number of benzene rings is 2. The first kappa shape index (κ1) is 19.4. The van der Waals surface area contributed by atoms with Gasteiger partial charge in [0.1, 0.15) is 11.6 Å². The van der Waals surface area contributed by atoms with E-state index in [0.29, 0.717) is 17.1 Å². The summed E-state index contributed by atoms with van der Waals surface area (Å²) in [5, 5.41) is 7.34. The van der Waals surface area contributed by atoms with E-state index in [2.05, 4.69) is 16.5 Å². The van der Waals surface area contributed by atoms with Crippen LogP contribution in [0.4, 0.5) is 5.82 Å². The fraction of sp³-hybridized carbons (Fsp3) is 0.227. The van der Waals surface area contributed by atoms with E-state index in [1.807, 2.05) is 39.0 Å². The molecule has 6 nitrogen and oxygen atoms in total. The zero-order valence-corrected chi connectivity index (χ0v) is 16.4. The van der Waals surface area contributed by atoms with Crippen molar-refractivity contribution in [2.45, 2.75) is 27.7 Å². The lowest BCUT2D eigenvalue weighted by molar-refractivity contribution is -0.118. The summed E-state index contributed by atoms with van der Waals surface area (Å²) in [5.74, 6) is 0.692. The van der Waals surface area contributed by atoms with E-state index in [9.17, 15) is 9.59 Å². The molecular formula is C22H23N3O3. The lowest BCUT2D eigenvalue weighted by Crippen LogP contribution is -2.22. The molecule has 2 aromatic carbocycles. The van der Waals surface area contributed by atoms with Crippen molar-refractivity contribution >= 4 is 17.5 Å². The highest BCUT2D eigenvalue weighted by Crippen LogP contribution is 2.20. The van der Waals surface area contributed by atoms with Crippen molar-refractivity contribution in [2.24, 2.45) is 0 Å². The van der Waals surface area contributed by atoms with Crippen LogP contribution >= 0.6 is 0 Å². The summed E-state index contributed by atoms with van der Waals surface area (Å²) in [6.45, 7) is 7.24. The second kappa shape index (κ2) is 8.08. The molecule has 28 heavy (non-hydrogen) atoms. The van der Waals surface area contributed by atoms with E-state index >= 15 is 0 Å². The fourth-order valence-electron chi connectivity index (χ4n) is 2.99. The number of anilines is 1. The second-order valence-corrected chi connectivity index (χ2v) is 6.85. The Kier molecular flexibility index (Phi) is 5.59. The predicted molar refractivity (Wildman–Crippen MR) is 108 cm³/mol. The number of nitrogens with zero attached hydrogens (tertiary/aromatic N) is 2. The Labute approximate surface area is 164 Å². The molecule has 0 aliphatic rings. The van der Waals surface area contributed by atoms with Gasteiger partial charge < -0.3 is 10.1 Å². The van der Waals surface area contributed by atoms with E-state index in [-0.39, 0.29) is 18.3 Å². The van der Waals surface area contributed by atoms with Crippen LogP contribution in [0.3, 0.4) is 0 Å². The maximum atomic E-state index is 12.4. The van der Waals surface area contributed by atoms with Crippen molar-refractivity contribution < 1.29 is 14.3 Å².